The second-order valence-corrected chi connectivity index (χ2v) is 4.95. The van der Waals surface area contributed by atoms with Crippen molar-refractivity contribution in [2.24, 2.45) is 0 Å². The zero-order valence-corrected chi connectivity index (χ0v) is 12.3. The van der Waals surface area contributed by atoms with E-state index < -0.39 is 10.8 Å². The summed E-state index contributed by atoms with van der Waals surface area (Å²) in [5.41, 5.74) is 0.810. The molecule has 2 aromatic rings. The SMILES string of the molecule is CCc1csc(NC(=O)c2ccc(OC)c([N+](=O)[O-])c2)n1. The van der Waals surface area contributed by atoms with E-state index in [2.05, 4.69) is 10.3 Å². The number of nitro benzene ring substituents is 1. The van der Waals surface area contributed by atoms with E-state index in [1.54, 1.807) is 0 Å². The molecule has 8 heteroatoms. The molecule has 0 bridgehead atoms. The van der Waals surface area contributed by atoms with Crippen LogP contribution in [0.4, 0.5) is 10.8 Å². The molecule has 0 spiro atoms. The summed E-state index contributed by atoms with van der Waals surface area (Å²) >= 11 is 1.31. The second-order valence-electron chi connectivity index (χ2n) is 4.10. The fourth-order valence-corrected chi connectivity index (χ4v) is 2.46. The van der Waals surface area contributed by atoms with Crippen LogP contribution in [-0.2, 0) is 6.42 Å². The summed E-state index contributed by atoms with van der Waals surface area (Å²) < 4.78 is 4.89. The highest BCUT2D eigenvalue weighted by atomic mass is 32.1. The summed E-state index contributed by atoms with van der Waals surface area (Å²) in [6.07, 6.45) is 0.778. The number of benzene rings is 1. The van der Waals surface area contributed by atoms with Gasteiger partial charge in [0.1, 0.15) is 0 Å². The number of carbonyl (C=O) groups excluding carboxylic acids is 1. The first-order valence-electron chi connectivity index (χ1n) is 6.13. The molecule has 1 aromatic carbocycles. The molecule has 0 saturated carbocycles. The number of ether oxygens (including phenoxy) is 1. The summed E-state index contributed by atoms with van der Waals surface area (Å²) in [5.74, 6) is -0.336. The second kappa shape index (κ2) is 6.31. The minimum absolute atomic E-state index is 0.110. The Morgan fingerprint density at radius 1 is 1.52 bits per heavy atom. The number of nitrogens with zero attached hydrogens (tertiary/aromatic N) is 2. The molecule has 0 atom stereocenters. The third-order valence-electron chi connectivity index (χ3n) is 2.77. The van der Waals surface area contributed by atoms with Crippen LogP contribution in [0.2, 0.25) is 0 Å². The van der Waals surface area contributed by atoms with E-state index in [1.807, 2.05) is 12.3 Å². The van der Waals surface area contributed by atoms with E-state index in [0.717, 1.165) is 12.1 Å². The van der Waals surface area contributed by atoms with Crippen molar-refractivity contribution in [3.05, 3.63) is 45.0 Å². The molecule has 1 heterocycles. The van der Waals surface area contributed by atoms with Crippen molar-refractivity contribution in [1.82, 2.24) is 4.98 Å². The molecule has 1 aromatic heterocycles. The largest absolute Gasteiger partial charge is 0.490 e. The van der Waals surface area contributed by atoms with Gasteiger partial charge < -0.3 is 4.74 Å². The van der Waals surface area contributed by atoms with Crippen LogP contribution in [0.15, 0.2) is 23.6 Å². The van der Waals surface area contributed by atoms with Gasteiger partial charge in [-0.3, -0.25) is 20.2 Å². The van der Waals surface area contributed by atoms with E-state index in [1.165, 1.54) is 36.6 Å². The Hall–Kier alpha value is -2.48. The van der Waals surface area contributed by atoms with Gasteiger partial charge in [0.15, 0.2) is 10.9 Å². The Balaban J connectivity index is 2.22. The third-order valence-corrected chi connectivity index (χ3v) is 3.58. The number of aromatic nitrogens is 1. The molecule has 110 valence electrons. The number of hydrogen-bond donors (Lipinski definition) is 1. The quantitative estimate of drug-likeness (QED) is 0.677. The lowest BCUT2D eigenvalue weighted by atomic mass is 10.2. The first-order chi connectivity index (χ1) is 10.0. The Labute approximate surface area is 124 Å². The van der Waals surface area contributed by atoms with Gasteiger partial charge in [-0.1, -0.05) is 6.92 Å². The first-order valence-corrected chi connectivity index (χ1v) is 7.01. The smallest absolute Gasteiger partial charge is 0.311 e. The maximum atomic E-state index is 12.1. The zero-order chi connectivity index (χ0) is 15.4. The van der Waals surface area contributed by atoms with Gasteiger partial charge in [0.2, 0.25) is 0 Å². The van der Waals surface area contributed by atoms with Gasteiger partial charge in [-0.05, 0) is 18.6 Å². The fraction of sp³-hybridized carbons (Fsp3) is 0.231. The lowest BCUT2D eigenvalue weighted by Crippen LogP contribution is -2.12. The maximum Gasteiger partial charge on any atom is 0.311 e. The van der Waals surface area contributed by atoms with Crippen LogP contribution in [0.5, 0.6) is 5.75 Å². The topological polar surface area (TPSA) is 94.4 Å². The summed E-state index contributed by atoms with van der Waals surface area (Å²) in [5, 5.41) is 15.9. The van der Waals surface area contributed by atoms with Crippen LogP contribution in [0.3, 0.4) is 0 Å². The molecular weight excluding hydrogens is 294 g/mol. The summed E-state index contributed by atoms with van der Waals surface area (Å²) in [7, 11) is 1.34. The van der Waals surface area contributed by atoms with Crippen molar-refractivity contribution in [3.63, 3.8) is 0 Å². The molecule has 0 fully saturated rings. The monoisotopic (exact) mass is 307 g/mol. The molecule has 7 nitrogen and oxygen atoms in total. The number of amides is 1. The van der Waals surface area contributed by atoms with Gasteiger partial charge in [-0.15, -0.1) is 11.3 Å². The number of methoxy groups -OCH3 is 1. The molecule has 0 aliphatic rings. The average molecular weight is 307 g/mol. The lowest BCUT2D eigenvalue weighted by molar-refractivity contribution is -0.385. The van der Waals surface area contributed by atoms with Crippen molar-refractivity contribution >= 4 is 28.1 Å². The van der Waals surface area contributed by atoms with Crippen LogP contribution in [0, 0.1) is 10.1 Å². The van der Waals surface area contributed by atoms with Crippen molar-refractivity contribution in [1.29, 1.82) is 0 Å². The molecule has 1 N–H and O–H groups in total. The highest BCUT2D eigenvalue weighted by Crippen LogP contribution is 2.28. The number of nitro groups is 1. The van der Waals surface area contributed by atoms with E-state index in [9.17, 15) is 14.9 Å². The van der Waals surface area contributed by atoms with Crippen molar-refractivity contribution in [2.45, 2.75) is 13.3 Å². The number of hydrogen-bond acceptors (Lipinski definition) is 6. The van der Waals surface area contributed by atoms with Crippen LogP contribution in [0.25, 0.3) is 0 Å². The van der Waals surface area contributed by atoms with Gasteiger partial charge in [0.05, 0.1) is 17.7 Å². The molecule has 0 saturated heterocycles. The number of nitrogens with one attached hydrogen (secondary N) is 1. The van der Waals surface area contributed by atoms with Gasteiger partial charge in [0, 0.05) is 17.0 Å². The van der Waals surface area contributed by atoms with E-state index in [-0.39, 0.29) is 17.0 Å². The summed E-state index contributed by atoms with van der Waals surface area (Å²) in [6.45, 7) is 1.97. The van der Waals surface area contributed by atoms with E-state index >= 15 is 0 Å². The fourth-order valence-electron chi connectivity index (χ4n) is 1.67. The van der Waals surface area contributed by atoms with E-state index in [0.29, 0.717) is 5.13 Å². The lowest BCUT2D eigenvalue weighted by Gasteiger charge is -2.04. The van der Waals surface area contributed by atoms with Gasteiger partial charge in [-0.2, -0.15) is 0 Å². The van der Waals surface area contributed by atoms with Crippen molar-refractivity contribution in [2.75, 3.05) is 12.4 Å². The van der Waals surface area contributed by atoms with Gasteiger partial charge in [0.25, 0.3) is 5.91 Å². The zero-order valence-electron chi connectivity index (χ0n) is 11.5. The van der Waals surface area contributed by atoms with Crippen molar-refractivity contribution < 1.29 is 14.5 Å². The van der Waals surface area contributed by atoms with Gasteiger partial charge >= 0.3 is 5.69 Å². The summed E-state index contributed by atoms with van der Waals surface area (Å²) in [4.78, 5) is 26.6. The number of carbonyl (C=O) groups is 1. The number of thiazole rings is 1. The van der Waals surface area contributed by atoms with Crippen LogP contribution < -0.4 is 10.1 Å². The number of aryl methyl sites for hydroxylation is 1. The normalized spacial score (nSPS) is 10.2. The molecular formula is C13H13N3O4S. The first kappa shape index (κ1) is 14.9. The molecule has 0 unspecified atom stereocenters. The predicted molar refractivity (Wildman–Crippen MR) is 79.1 cm³/mol. The average Bonchev–Trinajstić information content (AvgIpc) is 2.94. The predicted octanol–water partition coefficient (Wildman–Crippen LogP) is 2.87. The minimum atomic E-state index is -0.589. The maximum absolute atomic E-state index is 12.1. The third kappa shape index (κ3) is 3.34. The van der Waals surface area contributed by atoms with Gasteiger partial charge in [-0.25, -0.2) is 4.98 Å². The Morgan fingerprint density at radius 2 is 2.29 bits per heavy atom. The number of anilines is 1. The van der Waals surface area contributed by atoms with Crippen LogP contribution in [-0.4, -0.2) is 22.9 Å². The molecule has 0 aliphatic heterocycles. The van der Waals surface area contributed by atoms with Crippen LogP contribution >= 0.6 is 11.3 Å². The van der Waals surface area contributed by atoms with Crippen LogP contribution in [0.1, 0.15) is 23.0 Å². The minimum Gasteiger partial charge on any atom is -0.490 e. The summed E-state index contributed by atoms with van der Waals surface area (Å²) in [6, 6.07) is 4.05. The molecule has 0 aliphatic carbocycles. The Morgan fingerprint density at radius 3 is 2.86 bits per heavy atom. The molecule has 0 radical (unpaired) electrons. The molecule has 21 heavy (non-hydrogen) atoms. The van der Waals surface area contributed by atoms with E-state index in [4.69, 9.17) is 4.74 Å². The molecule has 1 amide bonds. The number of rotatable bonds is 5. The Kier molecular flexibility index (Phi) is 4.49. The highest BCUT2D eigenvalue weighted by Gasteiger charge is 2.18. The highest BCUT2D eigenvalue weighted by molar-refractivity contribution is 7.13. The standard InChI is InChI=1S/C13H13N3O4S/c1-3-9-7-21-13(14-9)15-12(17)8-4-5-11(20-2)10(6-8)16(18)19/h4-7H,3H2,1-2H3,(H,14,15,17). The Bertz CT molecular complexity index is 684. The molecule has 2 rings (SSSR count). The van der Waals surface area contributed by atoms with Crippen molar-refractivity contribution in [3.8, 4) is 5.75 Å².